The van der Waals surface area contributed by atoms with Crippen LogP contribution in [0.1, 0.15) is 39.6 Å². The van der Waals surface area contributed by atoms with E-state index in [1.54, 1.807) is 10.7 Å². The van der Waals surface area contributed by atoms with E-state index in [1.807, 2.05) is 63.2 Å². The van der Waals surface area contributed by atoms with E-state index in [2.05, 4.69) is 10.4 Å². The average molecular weight is 424 g/mol. The van der Waals surface area contributed by atoms with Crippen LogP contribution >= 0.6 is 0 Å². The molecule has 1 aliphatic rings. The molecular formula is C23H25N3O3S. The molecule has 1 fully saturated rings. The third-order valence-electron chi connectivity index (χ3n) is 5.63. The van der Waals surface area contributed by atoms with Crippen molar-refractivity contribution in [3.8, 4) is 11.3 Å². The quantitative estimate of drug-likeness (QED) is 0.685. The van der Waals surface area contributed by atoms with Crippen LogP contribution < -0.4 is 5.32 Å². The Kier molecular flexibility index (Phi) is 5.24. The van der Waals surface area contributed by atoms with Gasteiger partial charge in [-0.25, -0.2) is 8.42 Å². The number of rotatable bonds is 4. The minimum Gasteiger partial charge on any atom is -0.321 e. The standard InChI is InChI=1S/C23H25N3O3S/c1-15-4-7-18(8-5-15)22-13-21(25-26(22)20-10-11-30(28,29)14-20)23(27)24-19-9-6-16(2)17(3)12-19/h4-9,12-13,20H,10-11,14H2,1-3H3,(H,24,27). The number of nitrogens with one attached hydrogen (secondary N) is 1. The second-order valence-corrected chi connectivity index (χ2v) is 10.3. The fourth-order valence-electron chi connectivity index (χ4n) is 3.71. The molecule has 30 heavy (non-hydrogen) atoms. The molecule has 0 bridgehead atoms. The first-order valence-electron chi connectivity index (χ1n) is 9.97. The van der Waals surface area contributed by atoms with Crippen molar-refractivity contribution in [2.75, 3.05) is 16.8 Å². The van der Waals surface area contributed by atoms with E-state index >= 15 is 0 Å². The molecule has 4 rings (SSSR count). The molecule has 1 N–H and O–H groups in total. The van der Waals surface area contributed by atoms with E-state index in [0.717, 1.165) is 27.9 Å². The lowest BCUT2D eigenvalue weighted by atomic mass is 10.1. The number of amides is 1. The van der Waals surface area contributed by atoms with Crippen LogP contribution in [0.4, 0.5) is 5.69 Å². The number of sulfone groups is 1. The molecule has 2 heterocycles. The van der Waals surface area contributed by atoms with Gasteiger partial charge in [-0.1, -0.05) is 35.9 Å². The molecule has 0 radical (unpaired) electrons. The van der Waals surface area contributed by atoms with Crippen molar-refractivity contribution in [3.05, 3.63) is 70.9 Å². The zero-order valence-corrected chi connectivity index (χ0v) is 18.2. The minimum atomic E-state index is -3.08. The minimum absolute atomic E-state index is 0.0474. The molecule has 0 saturated carbocycles. The Morgan fingerprint density at radius 3 is 2.40 bits per heavy atom. The summed E-state index contributed by atoms with van der Waals surface area (Å²) < 4.78 is 25.8. The maximum absolute atomic E-state index is 12.9. The molecule has 1 amide bonds. The number of carbonyl (C=O) groups excluding carboxylic acids is 1. The summed E-state index contributed by atoms with van der Waals surface area (Å²) in [5, 5.41) is 7.43. The highest BCUT2D eigenvalue weighted by Crippen LogP contribution is 2.30. The first kappa shape index (κ1) is 20.3. The maximum Gasteiger partial charge on any atom is 0.276 e. The van der Waals surface area contributed by atoms with E-state index in [0.29, 0.717) is 12.1 Å². The van der Waals surface area contributed by atoms with Gasteiger partial charge in [0.05, 0.1) is 23.2 Å². The lowest BCUT2D eigenvalue weighted by Gasteiger charge is -2.13. The number of hydrogen-bond donors (Lipinski definition) is 1. The normalized spacial score (nSPS) is 17.8. The van der Waals surface area contributed by atoms with Crippen LogP contribution in [0.3, 0.4) is 0 Å². The smallest absolute Gasteiger partial charge is 0.276 e. The van der Waals surface area contributed by atoms with Gasteiger partial charge in [0, 0.05) is 5.69 Å². The fourth-order valence-corrected chi connectivity index (χ4v) is 5.40. The van der Waals surface area contributed by atoms with Crippen LogP contribution in [0.5, 0.6) is 0 Å². The summed E-state index contributed by atoms with van der Waals surface area (Å²) in [6.07, 6.45) is 0.501. The van der Waals surface area contributed by atoms with Crippen LogP contribution in [-0.2, 0) is 9.84 Å². The molecule has 1 unspecified atom stereocenters. The molecule has 1 saturated heterocycles. The van der Waals surface area contributed by atoms with Crippen molar-refractivity contribution in [1.82, 2.24) is 9.78 Å². The van der Waals surface area contributed by atoms with Crippen molar-refractivity contribution < 1.29 is 13.2 Å². The fraction of sp³-hybridized carbons (Fsp3) is 0.304. The largest absolute Gasteiger partial charge is 0.321 e. The number of anilines is 1. The lowest BCUT2D eigenvalue weighted by Crippen LogP contribution is -2.16. The Bertz CT molecular complexity index is 1210. The first-order valence-corrected chi connectivity index (χ1v) is 11.8. The van der Waals surface area contributed by atoms with E-state index < -0.39 is 9.84 Å². The average Bonchev–Trinajstić information content (AvgIpc) is 3.29. The third-order valence-corrected chi connectivity index (χ3v) is 7.39. The summed E-state index contributed by atoms with van der Waals surface area (Å²) in [5.41, 5.74) is 6.01. The Morgan fingerprint density at radius 2 is 1.77 bits per heavy atom. The van der Waals surface area contributed by atoms with Gasteiger partial charge < -0.3 is 5.32 Å². The number of hydrogen-bond acceptors (Lipinski definition) is 4. The second kappa shape index (κ2) is 7.72. The molecule has 7 heteroatoms. The molecule has 1 aromatic heterocycles. The van der Waals surface area contributed by atoms with E-state index in [9.17, 15) is 13.2 Å². The number of aromatic nitrogens is 2. The molecule has 0 aliphatic carbocycles. The zero-order valence-electron chi connectivity index (χ0n) is 17.3. The van der Waals surface area contributed by atoms with Gasteiger partial charge >= 0.3 is 0 Å². The summed E-state index contributed by atoms with van der Waals surface area (Å²) >= 11 is 0. The van der Waals surface area contributed by atoms with Gasteiger partial charge in [-0.2, -0.15) is 5.10 Å². The van der Waals surface area contributed by atoms with Crippen LogP contribution in [0.2, 0.25) is 0 Å². The first-order chi connectivity index (χ1) is 14.2. The molecule has 1 atom stereocenters. The van der Waals surface area contributed by atoms with Gasteiger partial charge in [-0.15, -0.1) is 0 Å². The van der Waals surface area contributed by atoms with Gasteiger partial charge in [-0.05, 0) is 62.1 Å². The van der Waals surface area contributed by atoms with Crippen molar-refractivity contribution in [3.63, 3.8) is 0 Å². The van der Waals surface area contributed by atoms with E-state index in [4.69, 9.17) is 0 Å². The van der Waals surface area contributed by atoms with Crippen LogP contribution in [0.15, 0.2) is 48.5 Å². The van der Waals surface area contributed by atoms with E-state index in [-0.39, 0.29) is 29.1 Å². The van der Waals surface area contributed by atoms with Gasteiger partial charge in [0.15, 0.2) is 15.5 Å². The molecule has 1 aliphatic heterocycles. The Hall–Kier alpha value is -2.93. The summed E-state index contributed by atoms with van der Waals surface area (Å²) in [4.78, 5) is 12.9. The number of aryl methyl sites for hydroxylation is 3. The van der Waals surface area contributed by atoms with Crippen LogP contribution in [0.25, 0.3) is 11.3 Å². The molecular weight excluding hydrogens is 398 g/mol. The van der Waals surface area contributed by atoms with Crippen LogP contribution in [0, 0.1) is 20.8 Å². The van der Waals surface area contributed by atoms with Gasteiger partial charge in [0.25, 0.3) is 5.91 Å². The molecule has 156 valence electrons. The molecule has 2 aromatic carbocycles. The highest BCUT2D eigenvalue weighted by molar-refractivity contribution is 7.91. The van der Waals surface area contributed by atoms with Crippen molar-refractivity contribution in [1.29, 1.82) is 0 Å². The topological polar surface area (TPSA) is 81.1 Å². The van der Waals surface area contributed by atoms with Crippen molar-refractivity contribution in [2.24, 2.45) is 0 Å². The van der Waals surface area contributed by atoms with E-state index in [1.165, 1.54) is 0 Å². The maximum atomic E-state index is 12.9. The molecule has 3 aromatic rings. The van der Waals surface area contributed by atoms with Crippen molar-refractivity contribution >= 4 is 21.4 Å². The molecule has 0 spiro atoms. The zero-order chi connectivity index (χ0) is 21.5. The highest BCUT2D eigenvalue weighted by atomic mass is 32.2. The second-order valence-electron chi connectivity index (χ2n) is 8.04. The Morgan fingerprint density at radius 1 is 1.03 bits per heavy atom. The Balaban J connectivity index is 1.70. The number of benzene rings is 2. The SMILES string of the molecule is Cc1ccc(-c2cc(C(=O)Nc3ccc(C)c(C)c3)nn2C2CCS(=O)(=O)C2)cc1. The van der Waals surface area contributed by atoms with Gasteiger partial charge in [0.1, 0.15) is 0 Å². The predicted molar refractivity (Wildman–Crippen MR) is 119 cm³/mol. The number of carbonyl (C=O) groups is 1. The predicted octanol–water partition coefficient (Wildman–Crippen LogP) is 4.09. The Labute approximate surface area is 176 Å². The summed E-state index contributed by atoms with van der Waals surface area (Å²) in [5.74, 6) is -0.118. The summed E-state index contributed by atoms with van der Waals surface area (Å²) in [6, 6.07) is 15.1. The monoisotopic (exact) mass is 423 g/mol. The van der Waals surface area contributed by atoms with Gasteiger partial charge in [-0.3, -0.25) is 9.48 Å². The highest BCUT2D eigenvalue weighted by Gasteiger charge is 2.32. The number of nitrogens with zero attached hydrogens (tertiary/aromatic N) is 2. The lowest BCUT2D eigenvalue weighted by molar-refractivity contribution is 0.102. The summed E-state index contributed by atoms with van der Waals surface area (Å²) in [6.45, 7) is 6.02. The molecule has 6 nitrogen and oxygen atoms in total. The third kappa shape index (κ3) is 4.16. The van der Waals surface area contributed by atoms with Crippen molar-refractivity contribution in [2.45, 2.75) is 33.2 Å². The van der Waals surface area contributed by atoms with Gasteiger partial charge in [0.2, 0.25) is 0 Å². The van der Waals surface area contributed by atoms with Crippen LogP contribution in [-0.4, -0.2) is 35.6 Å². The summed E-state index contributed by atoms with van der Waals surface area (Å²) in [7, 11) is -3.08.